The predicted octanol–water partition coefficient (Wildman–Crippen LogP) is 3.56. The average Bonchev–Trinajstić information content (AvgIpc) is 2.32. The van der Waals surface area contributed by atoms with E-state index in [1.165, 1.54) is 38.5 Å². The third-order valence-electron chi connectivity index (χ3n) is 3.36. The van der Waals surface area contributed by atoms with E-state index < -0.39 is 8.32 Å². The molecule has 0 N–H and O–H groups in total. The van der Waals surface area contributed by atoms with Gasteiger partial charge in [0.2, 0.25) is 0 Å². The van der Waals surface area contributed by atoms with Crippen LogP contribution >= 0.6 is 0 Å². The van der Waals surface area contributed by atoms with Gasteiger partial charge >= 0.3 is 0 Å². The lowest BCUT2D eigenvalue weighted by Crippen LogP contribution is -2.35. The fraction of sp³-hybridized carbons (Fsp3) is 1.00. The fourth-order valence-electron chi connectivity index (χ4n) is 2.14. The van der Waals surface area contributed by atoms with Crippen LogP contribution in [0, 0.1) is 0 Å². The molecular formula is C10H22OSi. The molecule has 0 aromatic rings. The zero-order chi connectivity index (χ0) is 9.03. The Kier molecular flexibility index (Phi) is 3.78. The topological polar surface area (TPSA) is 9.23 Å². The highest BCUT2D eigenvalue weighted by molar-refractivity contribution is 6.72. The second kappa shape index (κ2) is 4.42. The Balaban J connectivity index is 2.47. The second-order valence-corrected chi connectivity index (χ2v) is 8.93. The number of hydrogen-bond donors (Lipinski definition) is 0. The molecule has 0 saturated heterocycles. The molecule has 0 heterocycles. The lowest BCUT2D eigenvalue weighted by Gasteiger charge is -2.29. The van der Waals surface area contributed by atoms with E-state index in [4.69, 9.17) is 4.43 Å². The third kappa shape index (κ3) is 2.59. The molecule has 1 aliphatic carbocycles. The van der Waals surface area contributed by atoms with Gasteiger partial charge in [-0.25, -0.2) is 0 Å². The molecule has 1 aliphatic rings. The van der Waals surface area contributed by atoms with Gasteiger partial charge in [-0.1, -0.05) is 38.5 Å². The zero-order valence-electron chi connectivity index (χ0n) is 8.73. The summed E-state index contributed by atoms with van der Waals surface area (Å²) in [4.78, 5) is 0. The van der Waals surface area contributed by atoms with Crippen LogP contribution in [-0.2, 0) is 4.43 Å². The summed E-state index contributed by atoms with van der Waals surface area (Å²) in [6.45, 7) is 4.73. The molecule has 1 saturated carbocycles. The van der Waals surface area contributed by atoms with Crippen LogP contribution < -0.4 is 0 Å². The van der Waals surface area contributed by atoms with Crippen molar-refractivity contribution in [2.75, 3.05) is 7.11 Å². The smallest absolute Gasteiger partial charge is 0.189 e. The van der Waals surface area contributed by atoms with Gasteiger partial charge in [0.1, 0.15) is 0 Å². The molecular weight excluding hydrogens is 164 g/mol. The summed E-state index contributed by atoms with van der Waals surface area (Å²) < 4.78 is 5.67. The number of rotatable bonds is 2. The highest BCUT2D eigenvalue weighted by atomic mass is 28.4. The van der Waals surface area contributed by atoms with Crippen LogP contribution in [0.3, 0.4) is 0 Å². The van der Waals surface area contributed by atoms with Crippen molar-refractivity contribution in [3.05, 3.63) is 0 Å². The van der Waals surface area contributed by atoms with Crippen molar-refractivity contribution in [1.82, 2.24) is 0 Å². The molecule has 0 aliphatic heterocycles. The van der Waals surface area contributed by atoms with Gasteiger partial charge in [-0.2, -0.15) is 0 Å². The molecule has 0 bridgehead atoms. The molecule has 12 heavy (non-hydrogen) atoms. The quantitative estimate of drug-likeness (QED) is 0.473. The Hall–Kier alpha value is 0.177. The molecule has 0 atom stereocenters. The minimum Gasteiger partial charge on any atom is -0.420 e. The first-order chi connectivity index (χ1) is 5.67. The molecule has 0 aromatic heterocycles. The van der Waals surface area contributed by atoms with E-state index in [-0.39, 0.29) is 0 Å². The van der Waals surface area contributed by atoms with Crippen molar-refractivity contribution in [3.63, 3.8) is 0 Å². The van der Waals surface area contributed by atoms with Crippen molar-refractivity contribution < 1.29 is 4.43 Å². The average molecular weight is 186 g/mol. The maximum Gasteiger partial charge on any atom is 0.189 e. The molecule has 72 valence electrons. The van der Waals surface area contributed by atoms with E-state index in [1.807, 2.05) is 7.11 Å². The van der Waals surface area contributed by atoms with Crippen molar-refractivity contribution in [2.24, 2.45) is 0 Å². The van der Waals surface area contributed by atoms with Crippen molar-refractivity contribution in [1.29, 1.82) is 0 Å². The Labute approximate surface area is 77.6 Å². The van der Waals surface area contributed by atoms with Crippen molar-refractivity contribution >= 4 is 8.32 Å². The summed E-state index contributed by atoms with van der Waals surface area (Å²) >= 11 is 0. The molecule has 1 nitrogen and oxygen atoms in total. The van der Waals surface area contributed by atoms with Crippen LogP contribution in [0.5, 0.6) is 0 Å². The second-order valence-electron chi connectivity index (χ2n) is 4.50. The first-order valence-electron chi connectivity index (χ1n) is 5.22. The minimum atomic E-state index is -1.31. The van der Waals surface area contributed by atoms with E-state index in [0.29, 0.717) is 0 Å². The minimum absolute atomic E-state index is 0.921. The van der Waals surface area contributed by atoms with Crippen LogP contribution in [0.25, 0.3) is 0 Å². The van der Waals surface area contributed by atoms with Crippen LogP contribution in [-0.4, -0.2) is 15.4 Å². The standard InChI is InChI=1S/C10H22OSi/c1-11-12(2,3)10-8-6-4-5-7-9-10/h10H,4-9H2,1-3H3. The van der Waals surface area contributed by atoms with Crippen LogP contribution in [0.15, 0.2) is 0 Å². The summed E-state index contributed by atoms with van der Waals surface area (Å²) in [7, 11) is 0.591. The van der Waals surface area contributed by atoms with Gasteiger partial charge in [0.05, 0.1) is 0 Å². The molecule has 0 amide bonds. The summed E-state index contributed by atoms with van der Waals surface area (Å²) in [5.41, 5.74) is 0.921. The van der Waals surface area contributed by atoms with E-state index in [9.17, 15) is 0 Å². The molecule has 0 aromatic carbocycles. The summed E-state index contributed by atoms with van der Waals surface area (Å²) in [6.07, 6.45) is 8.62. The Morgan fingerprint density at radius 3 is 1.92 bits per heavy atom. The van der Waals surface area contributed by atoms with E-state index in [0.717, 1.165) is 5.54 Å². The van der Waals surface area contributed by atoms with Crippen LogP contribution in [0.4, 0.5) is 0 Å². The highest BCUT2D eigenvalue weighted by Crippen LogP contribution is 2.35. The molecule has 1 fully saturated rings. The molecule has 0 unspecified atom stereocenters. The summed E-state index contributed by atoms with van der Waals surface area (Å²) in [6, 6.07) is 0. The molecule has 0 radical (unpaired) electrons. The Morgan fingerprint density at radius 1 is 1.00 bits per heavy atom. The molecule has 0 spiro atoms. The zero-order valence-corrected chi connectivity index (χ0v) is 9.73. The van der Waals surface area contributed by atoms with E-state index >= 15 is 0 Å². The van der Waals surface area contributed by atoms with Gasteiger partial charge in [-0.15, -0.1) is 0 Å². The van der Waals surface area contributed by atoms with Gasteiger partial charge in [0.25, 0.3) is 0 Å². The Bertz CT molecular complexity index is 126. The fourth-order valence-corrected chi connectivity index (χ4v) is 4.27. The molecule has 2 heteroatoms. The van der Waals surface area contributed by atoms with E-state index in [2.05, 4.69) is 13.1 Å². The third-order valence-corrected chi connectivity index (χ3v) is 6.96. The van der Waals surface area contributed by atoms with Crippen molar-refractivity contribution in [3.8, 4) is 0 Å². The first kappa shape index (κ1) is 10.3. The predicted molar refractivity (Wildman–Crippen MR) is 55.9 cm³/mol. The van der Waals surface area contributed by atoms with Gasteiger partial charge in [0, 0.05) is 7.11 Å². The van der Waals surface area contributed by atoms with Gasteiger partial charge < -0.3 is 4.43 Å². The monoisotopic (exact) mass is 186 g/mol. The maximum absolute atomic E-state index is 5.67. The maximum atomic E-state index is 5.67. The van der Waals surface area contributed by atoms with Gasteiger partial charge in [0.15, 0.2) is 8.32 Å². The highest BCUT2D eigenvalue weighted by Gasteiger charge is 2.32. The molecule has 1 rings (SSSR count). The van der Waals surface area contributed by atoms with Crippen LogP contribution in [0.1, 0.15) is 38.5 Å². The first-order valence-corrected chi connectivity index (χ1v) is 8.20. The van der Waals surface area contributed by atoms with E-state index in [1.54, 1.807) is 0 Å². The Morgan fingerprint density at radius 2 is 1.50 bits per heavy atom. The lowest BCUT2D eigenvalue weighted by molar-refractivity contribution is 0.382. The summed E-state index contributed by atoms with van der Waals surface area (Å²) in [5.74, 6) is 0. The lowest BCUT2D eigenvalue weighted by atomic mass is 10.2. The SMILES string of the molecule is CO[Si](C)(C)C1CCCCCC1. The summed E-state index contributed by atoms with van der Waals surface area (Å²) in [5, 5.41) is 0. The van der Waals surface area contributed by atoms with Gasteiger partial charge in [-0.05, 0) is 18.6 Å². The normalized spacial score (nSPS) is 22.2. The van der Waals surface area contributed by atoms with Gasteiger partial charge in [-0.3, -0.25) is 0 Å². The van der Waals surface area contributed by atoms with Crippen LogP contribution in [0.2, 0.25) is 18.6 Å². The number of hydrogen-bond acceptors (Lipinski definition) is 1. The van der Waals surface area contributed by atoms with Crippen molar-refractivity contribution in [2.45, 2.75) is 57.2 Å². The largest absolute Gasteiger partial charge is 0.420 e.